The van der Waals surface area contributed by atoms with Gasteiger partial charge in [0.15, 0.2) is 0 Å². The maximum Gasteiger partial charge on any atom is 0.386 e. The van der Waals surface area contributed by atoms with Crippen LogP contribution in [0.5, 0.6) is 0 Å². The highest BCUT2D eigenvalue weighted by atomic mass is 17.2. The van der Waals surface area contributed by atoms with Gasteiger partial charge in [-0.1, -0.05) is 24.3 Å². The summed E-state index contributed by atoms with van der Waals surface area (Å²) in [4.78, 5) is 31.5. The van der Waals surface area contributed by atoms with Gasteiger partial charge >= 0.3 is 11.9 Å². The lowest BCUT2D eigenvalue weighted by atomic mass is 10.2. The minimum atomic E-state index is -0.671. The Morgan fingerprint density at radius 2 is 1.83 bits per heavy atom. The third-order valence-electron chi connectivity index (χ3n) is 2.26. The van der Waals surface area contributed by atoms with Gasteiger partial charge in [0.05, 0.1) is 12.0 Å². The van der Waals surface area contributed by atoms with E-state index in [1.807, 2.05) is 0 Å². The van der Waals surface area contributed by atoms with Crippen LogP contribution in [0.4, 0.5) is 0 Å². The highest BCUT2D eigenvalue weighted by Crippen LogP contribution is 2.04. The molecule has 0 spiro atoms. The van der Waals surface area contributed by atoms with E-state index >= 15 is 0 Å². The molecule has 0 N–H and O–H groups in total. The fourth-order valence-corrected chi connectivity index (χ4v) is 1.31. The Kier molecular flexibility index (Phi) is 6.25. The van der Waals surface area contributed by atoms with Crippen molar-refractivity contribution in [2.45, 2.75) is 25.7 Å². The van der Waals surface area contributed by atoms with Gasteiger partial charge in [-0.2, -0.15) is 0 Å². The van der Waals surface area contributed by atoms with E-state index < -0.39 is 11.9 Å². The number of unbranched alkanes of at least 4 members (excludes halogenated alkanes) is 2. The molecule has 0 saturated heterocycles. The third kappa shape index (κ3) is 5.30. The summed E-state index contributed by atoms with van der Waals surface area (Å²) in [6.45, 7) is 3.58. The van der Waals surface area contributed by atoms with Crippen LogP contribution in [-0.2, 0) is 14.6 Å². The van der Waals surface area contributed by atoms with Crippen molar-refractivity contribution >= 4 is 11.9 Å². The van der Waals surface area contributed by atoms with Crippen molar-refractivity contribution in [3.05, 3.63) is 48.6 Å². The minimum absolute atomic E-state index is 0.232. The SMILES string of the molecule is C=CCCCCC(=O)OOC(=O)c1ccccc1. The molecule has 0 bridgehead atoms. The summed E-state index contributed by atoms with van der Waals surface area (Å²) in [5.74, 6) is -1.21. The molecule has 0 atom stereocenters. The number of benzene rings is 1. The molecule has 96 valence electrons. The van der Waals surface area contributed by atoms with E-state index in [1.54, 1.807) is 36.4 Å². The summed E-state index contributed by atoms with van der Waals surface area (Å²) in [5, 5.41) is 0. The number of hydrogen-bond donors (Lipinski definition) is 0. The second-order valence-corrected chi connectivity index (χ2v) is 3.73. The molecule has 0 aromatic heterocycles. The van der Waals surface area contributed by atoms with Crippen molar-refractivity contribution in [2.24, 2.45) is 0 Å². The highest BCUT2D eigenvalue weighted by molar-refractivity contribution is 5.89. The lowest BCUT2D eigenvalue weighted by Crippen LogP contribution is -2.11. The summed E-state index contributed by atoms with van der Waals surface area (Å²) in [6.07, 6.45) is 4.44. The fourth-order valence-electron chi connectivity index (χ4n) is 1.31. The molecule has 0 heterocycles. The Hall–Kier alpha value is -2.10. The Morgan fingerprint density at radius 3 is 2.50 bits per heavy atom. The lowest BCUT2D eigenvalue weighted by Gasteiger charge is -2.02. The molecule has 4 heteroatoms. The van der Waals surface area contributed by atoms with E-state index in [0.717, 1.165) is 12.8 Å². The van der Waals surface area contributed by atoms with Crippen LogP contribution in [0.3, 0.4) is 0 Å². The first-order valence-electron chi connectivity index (χ1n) is 5.81. The summed E-state index contributed by atoms with van der Waals surface area (Å²) >= 11 is 0. The first-order chi connectivity index (χ1) is 8.74. The first kappa shape index (κ1) is 14.0. The van der Waals surface area contributed by atoms with Crippen molar-refractivity contribution in [3.63, 3.8) is 0 Å². The van der Waals surface area contributed by atoms with E-state index in [2.05, 4.69) is 16.4 Å². The van der Waals surface area contributed by atoms with Crippen LogP contribution in [-0.4, -0.2) is 11.9 Å². The van der Waals surface area contributed by atoms with Crippen LogP contribution in [0.25, 0.3) is 0 Å². The molecule has 18 heavy (non-hydrogen) atoms. The van der Waals surface area contributed by atoms with Crippen LogP contribution in [0.1, 0.15) is 36.0 Å². The van der Waals surface area contributed by atoms with Gasteiger partial charge in [0, 0.05) is 0 Å². The molecule has 1 aromatic carbocycles. The van der Waals surface area contributed by atoms with Gasteiger partial charge in [-0.15, -0.1) is 6.58 Å². The van der Waals surface area contributed by atoms with Crippen molar-refractivity contribution in [3.8, 4) is 0 Å². The second kappa shape index (κ2) is 8.06. The first-order valence-corrected chi connectivity index (χ1v) is 5.81. The molecule has 0 aliphatic rings. The zero-order valence-electron chi connectivity index (χ0n) is 10.1. The molecule has 4 nitrogen and oxygen atoms in total. The molecule has 0 unspecified atom stereocenters. The highest BCUT2D eigenvalue weighted by Gasteiger charge is 2.11. The molecular weight excluding hydrogens is 232 g/mol. The van der Waals surface area contributed by atoms with Crippen molar-refractivity contribution in [2.75, 3.05) is 0 Å². The van der Waals surface area contributed by atoms with Crippen molar-refractivity contribution in [1.29, 1.82) is 0 Å². The Labute approximate surface area is 106 Å². The van der Waals surface area contributed by atoms with Crippen LogP contribution < -0.4 is 0 Å². The molecular formula is C14H16O4. The topological polar surface area (TPSA) is 52.6 Å². The maximum atomic E-state index is 11.4. The van der Waals surface area contributed by atoms with Crippen LogP contribution >= 0.6 is 0 Å². The Balaban J connectivity index is 2.22. The molecule has 0 saturated carbocycles. The summed E-state index contributed by atoms with van der Waals surface area (Å²) in [5.41, 5.74) is 0.344. The van der Waals surface area contributed by atoms with Crippen LogP contribution in [0, 0.1) is 0 Å². The normalized spacial score (nSPS) is 9.56. The zero-order chi connectivity index (χ0) is 13.2. The van der Waals surface area contributed by atoms with Gasteiger partial charge < -0.3 is 0 Å². The van der Waals surface area contributed by atoms with E-state index in [4.69, 9.17) is 0 Å². The number of carbonyl (C=O) groups is 2. The van der Waals surface area contributed by atoms with E-state index in [9.17, 15) is 9.59 Å². The zero-order valence-corrected chi connectivity index (χ0v) is 10.1. The number of carbonyl (C=O) groups excluding carboxylic acids is 2. The van der Waals surface area contributed by atoms with Crippen LogP contribution in [0.15, 0.2) is 43.0 Å². The van der Waals surface area contributed by atoms with Gasteiger partial charge in [-0.25, -0.2) is 19.4 Å². The largest absolute Gasteiger partial charge is 0.386 e. The number of allylic oxidation sites excluding steroid dienone is 1. The molecule has 1 aromatic rings. The van der Waals surface area contributed by atoms with Crippen molar-refractivity contribution in [1.82, 2.24) is 0 Å². The summed E-state index contributed by atoms with van der Waals surface area (Å²) < 4.78 is 0. The fraction of sp³-hybridized carbons (Fsp3) is 0.286. The summed E-state index contributed by atoms with van der Waals surface area (Å²) in [6, 6.07) is 8.35. The predicted octanol–water partition coefficient (Wildman–Crippen LogP) is 3.05. The quantitative estimate of drug-likeness (QED) is 0.336. The van der Waals surface area contributed by atoms with E-state index in [-0.39, 0.29) is 6.42 Å². The number of rotatable bonds is 6. The monoisotopic (exact) mass is 248 g/mol. The van der Waals surface area contributed by atoms with Crippen LogP contribution in [0.2, 0.25) is 0 Å². The lowest BCUT2D eigenvalue weighted by molar-refractivity contribution is -0.234. The van der Waals surface area contributed by atoms with E-state index in [1.165, 1.54) is 0 Å². The minimum Gasteiger partial charge on any atom is -0.247 e. The average Bonchev–Trinajstić information content (AvgIpc) is 2.42. The third-order valence-corrected chi connectivity index (χ3v) is 2.26. The second-order valence-electron chi connectivity index (χ2n) is 3.73. The Morgan fingerprint density at radius 1 is 1.11 bits per heavy atom. The molecule has 1 rings (SSSR count). The smallest absolute Gasteiger partial charge is 0.247 e. The predicted molar refractivity (Wildman–Crippen MR) is 66.6 cm³/mol. The average molecular weight is 248 g/mol. The molecule has 0 aliphatic carbocycles. The van der Waals surface area contributed by atoms with Gasteiger partial charge in [0.25, 0.3) is 0 Å². The number of hydrogen-bond acceptors (Lipinski definition) is 4. The van der Waals surface area contributed by atoms with Gasteiger partial charge in [0.2, 0.25) is 0 Å². The molecule has 0 amide bonds. The van der Waals surface area contributed by atoms with E-state index in [0.29, 0.717) is 12.0 Å². The Bertz CT molecular complexity index is 398. The molecule has 0 aliphatic heterocycles. The standard InChI is InChI=1S/C14H16O4/c1-2-3-4-8-11-13(15)17-18-14(16)12-9-6-5-7-10-12/h2,5-7,9-10H,1,3-4,8,11H2. The van der Waals surface area contributed by atoms with Gasteiger partial charge in [-0.05, 0) is 31.4 Å². The van der Waals surface area contributed by atoms with Gasteiger partial charge in [0.1, 0.15) is 0 Å². The maximum absolute atomic E-state index is 11.4. The molecule has 0 fully saturated rings. The van der Waals surface area contributed by atoms with Crippen molar-refractivity contribution < 1.29 is 19.4 Å². The molecule has 0 radical (unpaired) electrons. The van der Waals surface area contributed by atoms with Gasteiger partial charge in [-0.3, -0.25) is 0 Å². The summed E-state index contributed by atoms with van der Waals surface area (Å²) in [7, 11) is 0.